The number of aromatic nitrogens is 2. The van der Waals surface area contributed by atoms with Gasteiger partial charge < -0.3 is 4.90 Å². The molecule has 0 saturated carbocycles. The van der Waals surface area contributed by atoms with Crippen LogP contribution >= 0.6 is 0 Å². The summed E-state index contributed by atoms with van der Waals surface area (Å²) in [4.78, 5) is 16.0. The van der Waals surface area contributed by atoms with E-state index in [2.05, 4.69) is 16.2 Å². The van der Waals surface area contributed by atoms with Gasteiger partial charge in [-0.25, -0.2) is 0 Å². The third-order valence-electron chi connectivity index (χ3n) is 5.03. The van der Waals surface area contributed by atoms with Crippen LogP contribution in [0.25, 0.3) is 0 Å². The van der Waals surface area contributed by atoms with Crippen molar-refractivity contribution in [2.75, 3.05) is 26.2 Å². The Hall–Kier alpha value is -1.36. The molecule has 0 aromatic carbocycles. The summed E-state index contributed by atoms with van der Waals surface area (Å²) in [5.74, 6) is 0.959. The summed E-state index contributed by atoms with van der Waals surface area (Å²) in [5.41, 5.74) is 1.36. The van der Waals surface area contributed by atoms with E-state index < -0.39 is 0 Å². The van der Waals surface area contributed by atoms with Gasteiger partial charge in [-0.2, -0.15) is 5.10 Å². The Balaban J connectivity index is 1.56. The van der Waals surface area contributed by atoms with Crippen molar-refractivity contribution >= 4 is 5.91 Å². The first-order valence-electron chi connectivity index (χ1n) is 8.11. The fraction of sp³-hybridized carbons (Fsp3) is 0.750. The molecule has 0 radical (unpaired) electrons. The van der Waals surface area contributed by atoms with E-state index in [1.54, 1.807) is 6.92 Å². The third-order valence-corrected chi connectivity index (χ3v) is 5.03. The lowest BCUT2D eigenvalue weighted by molar-refractivity contribution is -0.130. The summed E-state index contributed by atoms with van der Waals surface area (Å²) in [6.45, 7) is 5.92. The van der Waals surface area contributed by atoms with Gasteiger partial charge in [-0.1, -0.05) is 0 Å². The van der Waals surface area contributed by atoms with Crippen LogP contribution in [0.15, 0.2) is 12.4 Å². The van der Waals surface area contributed by atoms with Crippen LogP contribution < -0.4 is 0 Å². The molecule has 1 amide bonds. The first-order chi connectivity index (χ1) is 10.1. The van der Waals surface area contributed by atoms with Gasteiger partial charge in [0.05, 0.1) is 6.20 Å². The highest BCUT2D eigenvalue weighted by Crippen LogP contribution is 2.33. The van der Waals surface area contributed by atoms with Crippen LogP contribution in [-0.2, 0) is 11.8 Å². The monoisotopic (exact) mass is 290 g/mol. The lowest BCUT2D eigenvalue weighted by atomic mass is 9.95. The van der Waals surface area contributed by atoms with Crippen molar-refractivity contribution in [1.29, 1.82) is 0 Å². The SMILES string of the molecule is CC(=O)N1CCC(CN2CCCC2c2cnn(C)c2)CC1. The maximum atomic E-state index is 11.4. The average Bonchev–Trinajstić information content (AvgIpc) is 3.08. The molecule has 1 aromatic rings. The molecule has 2 aliphatic rings. The van der Waals surface area contributed by atoms with Gasteiger partial charge in [0.2, 0.25) is 5.91 Å². The topological polar surface area (TPSA) is 41.4 Å². The molecule has 0 N–H and O–H groups in total. The molecule has 2 fully saturated rings. The predicted octanol–water partition coefficient (Wildman–Crippen LogP) is 1.82. The van der Waals surface area contributed by atoms with Gasteiger partial charge in [-0.05, 0) is 38.1 Å². The molecule has 21 heavy (non-hydrogen) atoms. The first kappa shape index (κ1) is 14.6. The molecule has 2 saturated heterocycles. The van der Waals surface area contributed by atoms with E-state index in [-0.39, 0.29) is 5.91 Å². The molecular formula is C16H26N4O. The summed E-state index contributed by atoms with van der Waals surface area (Å²) in [6, 6.07) is 0.546. The summed E-state index contributed by atoms with van der Waals surface area (Å²) in [7, 11) is 1.99. The van der Waals surface area contributed by atoms with Gasteiger partial charge in [0.15, 0.2) is 0 Å². The number of hydrogen-bond donors (Lipinski definition) is 0. The first-order valence-corrected chi connectivity index (χ1v) is 8.11. The van der Waals surface area contributed by atoms with Crippen molar-refractivity contribution in [3.05, 3.63) is 18.0 Å². The van der Waals surface area contributed by atoms with Crippen LogP contribution in [0.5, 0.6) is 0 Å². The van der Waals surface area contributed by atoms with Gasteiger partial charge in [-0.15, -0.1) is 0 Å². The number of rotatable bonds is 3. The maximum absolute atomic E-state index is 11.4. The molecule has 1 unspecified atom stereocenters. The summed E-state index contributed by atoms with van der Waals surface area (Å²) in [5, 5.41) is 4.32. The lowest BCUT2D eigenvalue weighted by Crippen LogP contribution is -2.40. The van der Waals surface area contributed by atoms with Crippen LogP contribution in [0.3, 0.4) is 0 Å². The number of nitrogens with zero attached hydrogens (tertiary/aromatic N) is 4. The minimum atomic E-state index is 0.225. The number of amides is 1. The molecule has 5 heteroatoms. The Morgan fingerprint density at radius 2 is 2.05 bits per heavy atom. The van der Waals surface area contributed by atoms with Crippen molar-refractivity contribution in [3.63, 3.8) is 0 Å². The Bertz CT molecular complexity index is 490. The van der Waals surface area contributed by atoms with Gasteiger partial charge in [0.25, 0.3) is 0 Å². The second-order valence-corrected chi connectivity index (χ2v) is 6.55. The highest BCUT2D eigenvalue weighted by Gasteiger charge is 2.30. The predicted molar refractivity (Wildman–Crippen MR) is 81.7 cm³/mol. The molecular weight excluding hydrogens is 264 g/mol. The Labute approximate surface area is 126 Å². The Morgan fingerprint density at radius 1 is 1.29 bits per heavy atom. The second kappa shape index (κ2) is 6.18. The van der Waals surface area contributed by atoms with E-state index in [9.17, 15) is 4.79 Å². The number of carbonyl (C=O) groups excluding carboxylic acids is 1. The smallest absolute Gasteiger partial charge is 0.219 e. The minimum absolute atomic E-state index is 0.225. The fourth-order valence-corrected chi connectivity index (χ4v) is 3.80. The van der Waals surface area contributed by atoms with Gasteiger partial charge in [-0.3, -0.25) is 14.4 Å². The normalized spacial score (nSPS) is 24.7. The second-order valence-electron chi connectivity index (χ2n) is 6.55. The molecule has 0 bridgehead atoms. The van der Waals surface area contributed by atoms with Crippen molar-refractivity contribution < 1.29 is 4.79 Å². The van der Waals surface area contributed by atoms with Crippen molar-refractivity contribution in [2.45, 2.75) is 38.6 Å². The molecule has 5 nitrogen and oxygen atoms in total. The maximum Gasteiger partial charge on any atom is 0.219 e. The van der Waals surface area contributed by atoms with E-state index in [0.717, 1.165) is 31.8 Å². The number of hydrogen-bond acceptors (Lipinski definition) is 3. The summed E-state index contributed by atoms with van der Waals surface area (Å²) < 4.78 is 1.90. The van der Waals surface area contributed by atoms with Gasteiger partial charge >= 0.3 is 0 Å². The van der Waals surface area contributed by atoms with Crippen molar-refractivity contribution in [2.24, 2.45) is 13.0 Å². The molecule has 1 atom stereocenters. The lowest BCUT2D eigenvalue weighted by Gasteiger charge is -2.35. The summed E-state index contributed by atoms with van der Waals surface area (Å²) in [6.07, 6.45) is 9.00. The number of likely N-dealkylation sites (tertiary alicyclic amines) is 2. The fourth-order valence-electron chi connectivity index (χ4n) is 3.80. The zero-order chi connectivity index (χ0) is 14.8. The Morgan fingerprint density at radius 3 is 2.67 bits per heavy atom. The standard InChI is InChI=1S/C16H26N4O/c1-13(21)19-8-5-14(6-9-19)11-20-7-3-4-16(20)15-10-17-18(2)12-15/h10,12,14,16H,3-9,11H2,1-2H3. The molecule has 2 aliphatic heterocycles. The quantitative estimate of drug-likeness (QED) is 0.852. The molecule has 116 valence electrons. The number of piperidine rings is 1. The van der Waals surface area contributed by atoms with E-state index in [1.165, 1.54) is 31.5 Å². The number of carbonyl (C=O) groups is 1. The third kappa shape index (κ3) is 3.28. The molecule has 0 aliphatic carbocycles. The zero-order valence-electron chi connectivity index (χ0n) is 13.2. The summed E-state index contributed by atoms with van der Waals surface area (Å²) >= 11 is 0. The zero-order valence-corrected chi connectivity index (χ0v) is 13.2. The highest BCUT2D eigenvalue weighted by molar-refractivity contribution is 5.73. The molecule has 1 aromatic heterocycles. The average molecular weight is 290 g/mol. The largest absolute Gasteiger partial charge is 0.343 e. The van der Waals surface area contributed by atoms with Crippen LogP contribution in [0, 0.1) is 5.92 Å². The van der Waals surface area contributed by atoms with E-state index >= 15 is 0 Å². The van der Waals surface area contributed by atoms with Crippen molar-refractivity contribution in [1.82, 2.24) is 19.6 Å². The van der Waals surface area contributed by atoms with Gasteiger partial charge in [0, 0.05) is 51.4 Å². The van der Waals surface area contributed by atoms with E-state index in [4.69, 9.17) is 0 Å². The van der Waals surface area contributed by atoms with Crippen LogP contribution in [0.2, 0.25) is 0 Å². The van der Waals surface area contributed by atoms with Crippen LogP contribution in [0.1, 0.15) is 44.2 Å². The van der Waals surface area contributed by atoms with Crippen LogP contribution in [-0.4, -0.2) is 51.7 Å². The highest BCUT2D eigenvalue weighted by atomic mass is 16.2. The van der Waals surface area contributed by atoms with Crippen molar-refractivity contribution in [3.8, 4) is 0 Å². The van der Waals surface area contributed by atoms with E-state index in [0.29, 0.717) is 6.04 Å². The molecule has 3 heterocycles. The van der Waals surface area contributed by atoms with E-state index in [1.807, 2.05) is 22.8 Å². The van der Waals surface area contributed by atoms with Crippen LogP contribution in [0.4, 0.5) is 0 Å². The van der Waals surface area contributed by atoms with Gasteiger partial charge in [0.1, 0.15) is 0 Å². The molecule has 0 spiro atoms. The minimum Gasteiger partial charge on any atom is -0.343 e. The Kier molecular flexibility index (Phi) is 4.29. The number of aryl methyl sites for hydroxylation is 1. The molecule has 3 rings (SSSR count).